The molecule has 1 heterocycles. The van der Waals surface area contributed by atoms with Gasteiger partial charge in [-0.1, -0.05) is 0 Å². The Bertz CT molecular complexity index is 358. The van der Waals surface area contributed by atoms with Crippen LogP contribution in [0.4, 0.5) is 17.6 Å². The van der Waals surface area contributed by atoms with Gasteiger partial charge in [0.05, 0.1) is 0 Å². The first-order chi connectivity index (χ1) is 7.43. The van der Waals surface area contributed by atoms with Crippen LogP contribution >= 0.6 is 0 Å². The van der Waals surface area contributed by atoms with Crippen LogP contribution in [0.2, 0.25) is 0 Å². The van der Waals surface area contributed by atoms with Crippen LogP contribution in [0.5, 0.6) is 5.75 Å². The van der Waals surface area contributed by atoms with Gasteiger partial charge in [-0.3, -0.25) is 0 Å². The molecule has 90 valence electrons. The maximum absolute atomic E-state index is 13.0. The summed E-state index contributed by atoms with van der Waals surface area (Å²) < 4.78 is 55.8. The van der Waals surface area contributed by atoms with Crippen LogP contribution < -0.4 is 4.74 Å². The Morgan fingerprint density at radius 2 is 1.56 bits per heavy atom. The van der Waals surface area contributed by atoms with Gasteiger partial charge in [0.25, 0.3) is 11.9 Å². The molecule has 0 aliphatic carbocycles. The van der Waals surface area contributed by atoms with Gasteiger partial charge in [0, 0.05) is 6.54 Å². The summed E-state index contributed by atoms with van der Waals surface area (Å²) in [6, 6.07) is 0. The fourth-order valence-electron chi connectivity index (χ4n) is 0.925. The van der Waals surface area contributed by atoms with Crippen molar-refractivity contribution in [2.45, 2.75) is 0 Å². The number of rotatable bonds is 4. The molecule has 0 radical (unpaired) electrons. The molecule has 7 heteroatoms. The number of likely N-dealkylation sites (N-methyl/N-ethyl adjacent to an activating group) is 1. The van der Waals surface area contributed by atoms with Crippen molar-refractivity contribution in [3.05, 3.63) is 23.5 Å². The Morgan fingerprint density at radius 1 is 1.06 bits per heavy atom. The average molecular weight is 238 g/mol. The average Bonchev–Trinajstić information content (AvgIpc) is 2.20. The first-order valence-corrected chi connectivity index (χ1v) is 4.41. The molecule has 0 amide bonds. The van der Waals surface area contributed by atoms with Crippen LogP contribution in [0, 0.1) is 23.5 Å². The molecule has 0 N–H and O–H groups in total. The molecular weight excluding hydrogens is 228 g/mol. The van der Waals surface area contributed by atoms with E-state index >= 15 is 0 Å². The van der Waals surface area contributed by atoms with Gasteiger partial charge in [-0.2, -0.15) is 22.5 Å². The van der Waals surface area contributed by atoms with E-state index in [1.54, 1.807) is 19.0 Å². The zero-order chi connectivity index (χ0) is 12.3. The van der Waals surface area contributed by atoms with Crippen LogP contribution in [0.3, 0.4) is 0 Å². The molecule has 0 atom stereocenters. The van der Waals surface area contributed by atoms with Crippen LogP contribution in [-0.2, 0) is 0 Å². The number of hydrogen-bond acceptors (Lipinski definition) is 3. The fraction of sp³-hybridized carbons (Fsp3) is 0.444. The lowest BCUT2D eigenvalue weighted by molar-refractivity contribution is 0.231. The van der Waals surface area contributed by atoms with Gasteiger partial charge in [-0.25, -0.2) is 0 Å². The number of pyridine rings is 1. The van der Waals surface area contributed by atoms with E-state index in [0.717, 1.165) is 0 Å². The monoisotopic (exact) mass is 238 g/mol. The summed E-state index contributed by atoms with van der Waals surface area (Å²) in [5.74, 6) is -7.78. The first kappa shape index (κ1) is 12.7. The van der Waals surface area contributed by atoms with Crippen molar-refractivity contribution in [1.29, 1.82) is 0 Å². The molecule has 0 spiro atoms. The van der Waals surface area contributed by atoms with Crippen molar-refractivity contribution in [3.63, 3.8) is 0 Å². The van der Waals surface area contributed by atoms with Crippen molar-refractivity contribution < 1.29 is 22.3 Å². The highest BCUT2D eigenvalue weighted by atomic mass is 19.2. The standard InChI is InChI=1S/C9H10F4N2O/c1-15(2)3-4-16-7-5(10)8(12)14-9(13)6(7)11/h3-4H2,1-2H3. The maximum Gasteiger partial charge on any atom is 0.255 e. The summed E-state index contributed by atoms with van der Waals surface area (Å²) in [5, 5.41) is 0. The summed E-state index contributed by atoms with van der Waals surface area (Å²) in [6.45, 7) is 0.258. The molecule has 1 aromatic rings. The molecule has 0 fully saturated rings. The van der Waals surface area contributed by atoms with Gasteiger partial charge < -0.3 is 9.64 Å². The Labute approximate surface area is 89.6 Å². The molecule has 1 rings (SSSR count). The third kappa shape index (κ3) is 2.82. The topological polar surface area (TPSA) is 25.4 Å². The minimum atomic E-state index is -1.72. The summed E-state index contributed by atoms with van der Waals surface area (Å²) in [5.41, 5.74) is 0. The second kappa shape index (κ2) is 5.11. The van der Waals surface area contributed by atoms with Gasteiger partial charge in [0.2, 0.25) is 11.6 Å². The van der Waals surface area contributed by atoms with Crippen LogP contribution in [0.15, 0.2) is 0 Å². The SMILES string of the molecule is CN(C)CCOc1c(F)c(F)nc(F)c1F. The van der Waals surface area contributed by atoms with Crippen LogP contribution in [0.25, 0.3) is 0 Å². The number of hydrogen-bond donors (Lipinski definition) is 0. The minimum absolute atomic E-state index is 0.0935. The molecule has 0 aliphatic rings. The van der Waals surface area contributed by atoms with Crippen molar-refractivity contribution in [2.24, 2.45) is 0 Å². The highest BCUT2D eigenvalue weighted by Crippen LogP contribution is 2.24. The molecular formula is C9H10F4N2O. The maximum atomic E-state index is 13.0. The number of aromatic nitrogens is 1. The van der Waals surface area contributed by atoms with Crippen molar-refractivity contribution in [3.8, 4) is 5.75 Å². The molecule has 1 aromatic heterocycles. The molecule has 0 aromatic carbocycles. The van der Waals surface area contributed by atoms with Crippen molar-refractivity contribution in [2.75, 3.05) is 27.2 Å². The molecule has 0 saturated heterocycles. The quantitative estimate of drug-likeness (QED) is 0.588. The lowest BCUT2D eigenvalue weighted by Crippen LogP contribution is -2.20. The van der Waals surface area contributed by atoms with Crippen molar-refractivity contribution in [1.82, 2.24) is 9.88 Å². The van der Waals surface area contributed by atoms with Gasteiger partial charge in [-0.05, 0) is 14.1 Å². The summed E-state index contributed by atoms with van der Waals surface area (Å²) in [7, 11) is 3.42. The minimum Gasteiger partial charge on any atom is -0.486 e. The molecule has 0 aliphatic heterocycles. The lowest BCUT2D eigenvalue weighted by atomic mass is 10.4. The summed E-state index contributed by atoms with van der Waals surface area (Å²) in [4.78, 5) is 4.09. The van der Waals surface area contributed by atoms with E-state index in [2.05, 4.69) is 9.72 Å². The highest BCUT2D eigenvalue weighted by molar-refractivity contribution is 5.24. The zero-order valence-electron chi connectivity index (χ0n) is 8.73. The smallest absolute Gasteiger partial charge is 0.255 e. The van der Waals surface area contributed by atoms with Gasteiger partial charge in [-0.15, -0.1) is 0 Å². The molecule has 3 nitrogen and oxygen atoms in total. The third-order valence-electron chi connectivity index (χ3n) is 1.74. The largest absolute Gasteiger partial charge is 0.486 e. The Hall–Kier alpha value is -1.37. The van der Waals surface area contributed by atoms with Gasteiger partial charge in [0.1, 0.15) is 6.61 Å². The molecule has 0 saturated carbocycles. The normalized spacial score (nSPS) is 10.9. The number of nitrogens with zero attached hydrogens (tertiary/aromatic N) is 2. The second-order valence-corrected chi connectivity index (χ2v) is 3.30. The first-order valence-electron chi connectivity index (χ1n) is 4.41. The van der Waals surface area contributed by atoms with E-state index < -0.39 is 29.3 Å². The Kier molecular flexibility index (Phi) is 4.05. The van der Waals surface area contributed by atoms with Crippen LogP contribution in [-0.4, -0.2) is 37.1 Å². The summed E-state index contributed by atoms with van der Waals surface area (Å²) >= 11 is 0. The Morgan fingerprint density at radius 3 is 2.00 bits per heavy atom. The van der Waals surface area contributed by atoms with E-state index in [1.165, 1.54) is 0 Å². The van der Waals surface area contributed by atoms with E-state index in [4.69, 9.17) is 0 Å². The van der Waals surface area contributed by atoms with E-state index in [1.807, 2.05) is 0 Å². The lowest BCUT2D eigenvalue weighted by Gasteiger charge is -2.12. The predicted molar refractivity (Wildman–Crippen MR) is 48.1 cm³/mol. The van der Waals surface area contributed by atoms with E-state index in [-0.39, 0.29) is 6.61 Å². The molecule has 16 heavy (non-hydrogen) atoms. The van der Waals surface area contributed by atoms with Crippen molar-refractivity contribution >= 4 is 0 Å². The number of halogens is 4. The molecule has 0 bridgehead atoms. The second-order valence-electron chi connectivity index (χ2n) is 3.30. The van der Waals surface area contributed by atoms with E-state index in [9.17, 15) is 17.6 Å². The summed E-state index contributed by atoms with van der Waals surface area (Å²) in [6.07, 6.45) is 0. The predicted octanol–water partition coefficient (Wildman–Crippen LogP) is 1.58. The van der Waals surface area contributed by atoms with Gasteiger partial charge >= 0.3 is 0 Å². The Balaban J connectivity index is 2.86. The third-order valence-corrected chi connectivity index (χ3v) is 1.74. The highest BCUT2D eigenvalue weighted by Gasteiger charge is 2.21. The van der Waals surface area contributed by atoms with E-state index in [0.29, 0.717) is 6.54 Å². The fourth-order valence-corrected chi connectivity index (χ4v) is 0.925. The number of ether oxygens (including phenoxy) is 1. The van der Waals surface area contributed by atoms with Crippen LogP contribution in [0.1, 0.15) is 0 Å². The van der Waals surface area contributed by atoms with Gasteiger partial charge in [0.15, 0.2) is 5.75 Å². The molecule has 0 unspecified atom stereocenters. The zero-order valence-corrected chi connectivity index (χ0v) is 8.73.